The topological polar surface area (TPSA) is 61.8 Å². The third kappa shape index (κ3) is 7.01. The molecule has 0 aromatic heterocycles. The van der Waals surface area contributed by atoms with E-state index >= 15 is 0 Å². The Labute approximate surface area is 194 Å². The van der Waals surface area contributed by atoms with E-state index in [1.54, 1.807) is 0 Å². The first kappa shape index (κ1) is 26.3. The number of aryl methyl sites for hydroxylation is 1. The van der Waals surface area contributed by atoms with E-state index in [4.69, 9.17) is 25.8 Å². The highest BCUT2D eigenvalue weighted by atomic mass is 35.5. The molecule has 1 saturated carbocycles. The number of benzene rings is 1. The number of halogens is 1. The minimum Gasteiger partial charge on any atom is -0.460 e. The summed E-state index contributed by atoms with van der Waals surface area (Å²) >= 11 is 6.89. The van der Waals surface area contributed by atoms with E-state index in [0.717, 1.165) is 5.56 Å². The van der Waals surface area contributed by atoms with Gasteiger partial charge < -0.3 is 14.2 Å². The van der Waals surface area contributed by atoms with Crippen LogP contribution in [0.5, 0.6) is 0 Å². The van der Waals surface area contributed by atoms with Crippen molar-refractivity contribution in [3.63, 3.8) is 0 Å². The molecule has 1 aliphatic carbocycles. The van der Waals surface area contributed by atoms with E-state index in [0.29, 0.717) is 44.2 Å². The summed E-state index contributed by atoms with van der Waals surface area (Å²) in [5.74, 6) is -0.319. The van der Waals surface area contributed by atoms with Gasteiger partial charge in [0.25, 0.3) is 0 Å². The normalized spacial score (nSPS) is 19.3. The molecule has 0 radical (unpaired) electrons. The third-order valence-electron chi connectivity index (χ3n) is 5.52. The van der Waals surface area contributed by atoms with E-state index in [1.165, 1.54) is 0 Å². The van der Waals surface area contributed by atoms with Crippen molar-refractivity contribution < 1.29 is 23.2 Å². The zero-order chi connectivity index (χ0) is 23.3. The molecule has 7 heteroatoms. The van der Waals surface area contributed by atoms with Gasteiger partial charge in [0.1, 0.15) is 10.3 Å². The smallest absolute Gasteiger partial charge is 0.306 e. The van der Waals surface area contributed by atoms with Gasteiger partial charge in [-0.1, -0.05) is 17.7 Å². The van der Waals surface area contributed by atoms with E-state index in [2.05, 4.69) is 0 Å². The van der Waals surface area contributed by atoms with Crippen molar-refractivity contribution in [1.82, 2.24) is 0 Å². The Bertz CT molecular complexity index is 740. The van der Waals surface area contributed by atoms with Crippen LogP contribution in [0.25, 0.3) is 0 Å². The average molecular weight is 473 g/mol. The van der Waals surface area contributed by atoms with E-state index in [9.17, 15) is 9.00 Å². The molecule has 1 aromatic rings. The van der Waals surface area contributed by atoms with E-state index < -0.39 is 26.5 Å². The SMILES string of the molecule is CCOCC1(COCC)CC(CC(=O)OC(C)(C)C)(C(Cl)S(=O)c2ccc(C)cc2)C1. The largest absolute Gasteiger partial charge is 0.460 e. The monoisotopic (exact) mass is 472 g/mol. The standard InChI is InChI=1S/C24H37ClO5S/c1-7-28-16-23(17-29-8-2)14-24(15-23,13-20(26)30-22(4,5)6)21(25)31(27)19-11-9-18(3)10-12-19/h9-12,21H,7-8,13-17H2,1-6H3. The maximum absolute atomic E-state index is 13.4. The highest BCUT2D eigenvalue weighted by Gasteiger charge is 2.60. The Balaban J connectivity index is 2.29. The first-order chi connectivity index (χ1) is 14.5. The Morgan fingerprint density at radius 2 is 1.61 bits per heavy atom. The number of hydrogen-bond donors (Lipinski definition) is 0. The zero-order valence-corrected chi connectivity index (χ0v) is 21.2. The van der Waals surface area contributed by atoms with Gasteiger partial charge in [0, 0.05) is 28.9 Å². The van der Waals surface area contributed by atoms with Crippen LogP contribution in [0.4, 0.5) is 0 Å². The van der Waals surface area contributed by atoms with Gasteiger partial charge in [-0.2, -0.15) is 0 Å². The van der Waals surface area contributed by atoms with Crippen molar-refractivity contribution in [2.75, 3.05) is 26.4 Å². The van der Waals surface area contributed by atoms with Crippen molar-refractivity contribution in [2.45, 2.75) is 76.0 Å². The molecule has 0 bridgehead atoms. The molecule has 1 aliphatic rings. The van der Waals surface area contributed by atoms with Crippen LogP contribution in [0.3, 0.4) is 0 Å². The number of carbonyl (C=O) groups is 1. The minimum atomic E-state index is -1.46. The van der Waals surface area contributed by atoms with Crippen LogP contribution >= 0.6 is 11.6 Å². The highest BCUT2D eigenvalue weighted by Crippen LogP contribution is 2.61. The van der Waals surface area contributed by atoms with Crippen LogP contribution in [0.15, 0.2) is 29.2 Å². The molecule has 2 rings (SSSR count). The summed E-state index contributed by atoms with van der Waals surface area (Å²) in [6, 6.07) is 7.53. The van der Waals surface area contributed by atoms with Gasteiger partial charge in [0.2, 0.25) is 0 Å². The van der Waals surface area contributed by atoms with Crippen LogP contribution in [0, 0.1) is 17.8 Å². The fourth-order valence-corrected chi connectivity index (χ4v) is 6.26. The molecule has 1 fully saturated rings. The zero-order valence-electron chi connectivity index (χ0n) is 19.7. The van der Waals surface area contributed by atoms with Gasteiger partial charge in [-0.3, -0.25) is 9.00 Å². The van der Waals surface area contributed by atoms with Crippen LogP contribution in [0.1, 0.15) is 59.4 Å². The predicted molar refractivity (Wildman–Crippen MR) is 125 cm³/mol. The summed E-state index contributed by atoms with van der Waals surface area (Å²) < 4.78 is 29.7. The van der Waals surface area contributed by atoms with Gasteiger partial charge in [0.15, 0.2) is 0 Å². The highest BCUT2D eigenvalue weighted by molar-refractivity contribution is 7.87. The second-order valence-corrected chi connectivity index (χ2v) is 11.9. The molecular formula is C24H37ClO5S. The van der Waals surface area contributed by atoms with Crippen molar-refractivity contribution in [1.29, 1.82) is 0 Å². The molecule has 0 saturated heterocycles. The molecular weight excluding hydrogens is 436 g/mol. The molecule has 31 heavy (non-hydrogen) atoms. The van der Waals surface area contributed by atoms with Gasteiger partial charge in [-0.05, 0) is 66.5 Å². The fraction of sp³-hybridized carbons (Fsp3) is 0.708. The number of carbonyl (C=O) groups excluding carboxylic acids is 1. The molecule has 0 N–H and O–H groups in total. The van der Waals surface area contributed by atoms with Crippen molar-refractivity contribution in [3.05, 3.63) is 29.8 Å². The summed E-state index contributed by atoms with van der Waals surface area (Å²) in [6.45, 7) is 13.7. The Morgan fingerprint density at radius 1 is 1.10 bits per heavy atom. The lowest BCUT2D eigenvalue weighted by Crippen LogP contribution is -2.57. The predicted octanol–water partition coefficient (Wildman–Crippen LogP) is 5.24. The van der Waals surface area contributed by atoms with E-state index in [1.807, 2.05) is 65.8 Å². The molecule has 0 spiro atoms. The second-order valence-electron chi connectivity index (χ2n) is 9.68. The van der Waals surface area contributed by atoms with E-state index in [-0.39, 0.29) is 17.8 Å². The lowest BCUT2D eigenvalue weighted by Gasteiger charge is -2.57. The van der Waals surface area contributed by atoms with Crippen molar-refractivity contribution in [3.8, 4) is 0 Å². The summed E-state index contributed by atoms with van der Waals surface area (Å²) in [7, 11) is -1.46. The van der Waals surface area contributed by atoms with Gasteiger partial charge in [0.05, 0.1) is 30.4 Å². The fourth-order valence-electron chi connectivity index (χ4n) is 4.37. The Hall–Kier alpha value is -0.950. The van der Waals surface area contributed by atoms with Crippen LogP contribution in [-0.4, -0.2) is 46.9 Å². The number of ether oxygens (including phenoxy) is 3. The number of hydrogen-bond acceptors (Lipinski definition) is 5. The van der Waals surface area contributed by atoms with Crippen molar-refractivity contribution >= 4 is 28.4 Å². The van der Waals surface area contributed by atoms with Gasteiger partial charge >= 0.3 is 5.97 Å². The lowest BCUT2D eigenvalue weighted by atomic mass is 9.52. The molecule has 2 unspecified atom stereocenters. The summed E-state index contributed by atoms with van der Waals surface area (Å²) in [6.07, 6.45) is 1.33. The first-order valence-electron chi connectivity index (χ1n) is 10.9. The van der Waals surface area contributed by atoms with Crippen LogP contribution < -0.4 is 0 Å². The number of esters is 1. The average Bonchev–Trinajstić information content (AvgIpc) is 2.66. The lowest BCUT2D eigenvalue weighted by molar-refractivity contribution is -0.170. The quantitative estimate of drug-likeness (QED) is 0.325. The molecule has 0 heterocycles. The minimum absolute atomic E-state index is 0.121. The maximum Gasteiger partial charge on any atom is 0.306 e. The number of alkyl halides is 1. The Kier molecular flexibility index (Phi) is 9.15. The van der Waals surface area contributed by atoms with Gasteiger partial charge in [-0.25, -0.2) is 0 Å². The summed E-state index contributed by atoms with van der Waals surface area (Å²) in [4.78, 5) is 13.4. The Morgan fingerprint density at radius 3 is 2.06 bits per heavy atom. The molecule has 0 amide bonds. The van der Waals surface area contributed by atoms with Crippen LogP contribution in [-0.2, 0) is 29.8 Å². The molecule has 0 aliphatic heterocycles. The molecule has 5 nitrogen and oxygen atoms in total. The van der Waals surface area contributed by atoms with Crippen molar-refractivity contribution in [2.24, 2.45) is 10.8 Å². The maximum atomic E-state index is 13.4. The van der Waals surface area contributed by atoms with Crippen LogP contribution in [0.2, 0.25) is 0 Å². The molecule has 1 aromatic carbocycles. The second kappa shape index (κ2) is 10.8. The van der Waals surface area contributed by atoms with Gasteiger partial charge in [-0.15, -0.1) is 11.6 Å². The third-order valence-corrected chi connectivity index (χ3v) is 8.08. The summed E-state index contributed by atoms with van der Waals surface area (Å²) in [5, 5.41) is 0. The summed E-state index contributed by atoms with van der Waals surface area (Å²) in [5.41, 5.74) is -0.383. The number of rotatable bonds is 11. The molecule has 2 atom stereocenters. The first-order valence-corrected chi connectivity index (χ1v) is 12.6. The molecule has 176 valence electrons.